The van der Waals surface area contributed by atoms with E-state index < -0.39 is 0 Å². The lowest BCUT2D eigenvalue weighted by atomic mass is 10.1. The van der Waals surface area contributed by atoms with Gasteiger partial charge < -0.3 is 4.74 Å². The minimum absolute atomic E-state index is 0. The first kappa shape index (κ1) is 17.3. The summed E-state index contributed by atoms with van der Waals surface area (Å²) in [6.45, 7) is 7.03. The molecule has 0 amide bonds. The predicted octanol–water partition coefficient (Wildman–Crippen LogP) is 3.55. The molecule has 2 heterocycles. The van der Waals surface area contributed by atoms with Gasteiger partial charge in [-0.15, -0.1) is 12.4 Å². The van der Waals surface area contributed by atoms with Crippen LogP contribution in [0.15, 0.2) is 42.7 Å². The number of aromatic nitrogens is 3. The van der Waals surface area contributed by atoms with Crippen molar-refractivity contribution < 1.29 is 9.30 Å². The molecular formula is C21H23ClN3O+. The number of halogens is 1. The maximum atomic E-state index is 6.14. The molecule has 0 spiro atoms. The molecule has 4 nitrogen and oxygen atoms in total. The number of fused-ring (bicyclic) bond motifs is 5. The highest BCUT2D eigenvalue weighted by Crippen LogP contribution is 2.35. The van der Waals surface area contributed by atoms with Gasteiger partial charge in [-0.25, -0.2) is 4.57 Å². The van der Waals surface area contributed by atoms with E-state index in [9.17, 15) is 0 Å². The molecule has 0 unspecified atom stereocenters. The van der Waals surface area contributed by atoms with Crippen molar-refractivity contribution in [2.75, 3.05) is 0 Å². The molecule has 2 aromatic carbocycles. The quantitative estimate of drug-likeness (QED) is 0.615. The zero-order valence-corrected chi connectivity index (χ0v) is 16.1. The SMILES string of the molecule is Cc1cc(C)c(-n2c[n+]3c(n2)CO[C@H]2Cc4ccccc4[C@H]23)c(C)c1.Cl. The van der Waals surface area contributed by atoms with Gasteiger partial charge in [-0.05, 0) is 43.0 Å². The van der Waals surface area contributed by atoms with Crippen molar-refractivity contribution in [2.45, 2.75) is 45.9 Å². The van der Waals surface area contributed by atoms with Gasteiger partial charge in [-0.1, -0.05) is 46.6 Å². The first-order valence-corrected chi connectivity index (χ1v) is 8.89. The predicted molar refractivity (Wildman–Crippen MR) is 102 cm³/mol. The average molecular weight is 369 g/mol. The fourth-order valence-corrected chi connectivity index (χ4v) is 4.56. The molecule has 2 aliphatic rings. The summed E-state index contributed by atoms with van der Waals surface area (Å²) >= 11 is 0. The first-order valence-electron chi connectivity index (χ1n) is 8.89. The van der Waals surface area contributed by atoms with Crippen molar-refractivity contribution in [3.63, 3.8) is 0 Å². The summed E-state index contributed by atoms with van der Waals surface area (Å²) in [6.07, 6.45) is 3.36. The minimum Gasteiger partial charge on any atom is -0.363 e. The van der Waals surface area contributed by atoms with Crippen LogP contribution in [0.2, 0.25) is 0 Å². The molecule has 5 heteroatoms. The highest BCUT2D eigenvalue weighted by atomic mass is 35.5. The summed E-state index contributed by atoms with van der Waals surface area (Å²) in [5, 5.41) is 4.86. The van der Waals surface area contributed by atoms with E-state index in [1.54, 1.807) is 0 Å². The normalized spacial score (nSPS) is 20.1. The Hall–Kier alpha value is -2.17. The number of nitrogens with zero attached hydrogens (tertiary/aromatic N) is 3. The van der Waals surface area contributed by atoms with Gasteiger partial charge in [0, 0.05) is 11.5 Å². The van der Waals surface area contributed by atoms with Crippen LogP contribution in [0, 0.1) is 20.8 Å². The highest BCUT2D eigenvalue weighted by Gasteiger charge is 2.43. The van der Waals surface area contributed by atoms with Crippen molar-refractivity contribution in [2.24, 2.45) is 0 Å². The topological polar surface area (TPSA) is 30.9 Å². The molecule has 0 fully saturated rings. The van der Waals surface area contributed by atoms with Crippen molar-refractivity contribution in [3.8, 4) is 5.69 Å². The van der Waals surface area contributed by atoms with Gasteiger partial charge in [-0.3, -0.25) is 0 Å². The van der Waals surface area contributed by atoms with E-state index in [4.69, 9.17) is 9.84 Å². The average Bonchev–Trinajstić information content (AvgIpc) is 3.13. The van der Waals surface area contributed by atoms with Gasteiger partial charge in [0.05, 0.1) is 0 Å². The maximum Gasteiger partial charge on any atom is 0.304 e. The van der Waals surface area contributed by atoms with E-state index in [-0.39, 0.29) is 24.6 Å². The lowest BCUT2D eigenvalue weighted by molar-refractivity contribution is -0.739. The number of rotatable bonds is 1. The van der Waals surface area contributed by atoms with Crippen LogP contribution in [0.5, 0.6) is 0 Å². The second-order valence-electron chi connectivity index (χ2n) is 7.33. The summed E-state index contributed by atoms with van der Waals surface area (Å²) in [4.78, 5) is 0. The largest absolute Gasteiger partial charge is 0.363 e. The van der Waals surface area contributed by atoms with Crippen molar-refractivity contribution >= 4 is 12.4 Å². The third-order valence-corrected chi connectivity index (χ3v) is 5.49. The minimum atomic E-state index is 0. The second-order valence-corrected chi connectivity index (χ2v) is 7.33. The lowest BCUT2D eigenvalue weighted by Gasteiger charge is -2.23. The Bertz CT molecular complexity index is 972. The van der Waals surface area contributed by atoms with Crippen LogP contribution in [0.25, 0.3) is 5.69 Å². The molecule has 0 saturated carbocycles. The van der Waals surface area contributed by atoms with E-state index in [0.717, 1.165) is 12.2 Å². The smallest absolute Gasteiger partial charge is 0.304 e. The maximum absolute atomic E-state index is 6.14. The third-order valence-electron chi connectivity index (χ3n) is 5.49. The molecule has 1 aliphatic heterocycles. The molecule has 3 aromatic rings. The number of ether oxygens (including phenoxy) is 1. The fraction of sp³-hybridized carbons (Fsp3) is 0.333. The monoisotopic (exact) mass is 368 g/mol. The molecule has 0 bridgehead atoms. The van der Waals surface area contributed by atoms with E-state index in [1.807, 2.05) is 4.68 Å². The van der Waals surface area contributed by atoms with E-state index in [0.29, 0.717) is 6.61 Å². The standard InChI is InChI=1S/C21H22N3O.ClH/c1-13-8-14(2)20(15(3)9-13)24-12-23-19(22-24)11-25-18-10-16-6-4-5-7-17(16)21(18)23;/h4-9,12,18,21H,10-11H2,1-3H3;1H/q+1;/t18-,21+;/m0./s1. The Morgan fingerprint density at radius 3 is 2.62 bits per heavy atom. The first-order chi connectivity index (χ1) is 12.1. The van der Waals surface area contributed by atoms with Gasteiger partial charge in [0.25, 0.3) is 0 Å². The second kappa shape index (κ2) is 6.22. The Morgan fingerprint density at radius 1 is 1.12 bits per heavy atom. The summed E-state index contributed by atoms with van der Waals surface area (Å²) in [6, 6.07) is 13.4. The van der Waals surface area contributed by atoms with Crippen LogP contribution in [-0.4, -0.2) is 15.9 Å². The van der Waals surface area contributed by atoms with Crippen LogP contribution in [-0.2, 0) is 17.8 Å². The fourth-order valence-electron chi connectivity index (χ4n) is 4.56. The van der Waals surface area contributed by atoms with Crippen molar-refractivity contribution in [3.05, 3.63) is 76.4 Å². The van der Waals surface area contributed by atoms with Crippen molar-refractivity contribution in [1.82, 2.24) is 9.78 Å². The van der Waals surface area contributed by atoms with Gasteiger partial charge in [-0.2, -0.15) is 0 Å². The zero-order valence-electron chi connectivity index (χ0n) is 15.3. The third kappa shape index (κ3) is 2.48. The molecule has 2 atom stereocenters. The van der Waals surface area contributed by atoms with E-state index in [2.05, 4.69) is 68.1 Å². The molecule has 0 saturated heterocycles. The van der Waals surface area contributed by atoms with Gasteiger partial charge in [0.2, 0.25) is 6.33 Å². The van der Waals surface area contributed by atoms with Crippen LogP contribution in [0.3, 0.4) is 0 Å². The van der Waals surface area contributed by atoms with E-state index in [1.165, 1.54) is 33.5 Å². The summed E-state index contributed by atoms with van der Waals surface area (Å²) in [5.41, 5.74) is 7.74. The highest BCUT2D eigenvalue weighted by molar-refractivity contribution is 5.85. The molecular weight excluding hydrogens is 346 g/mol. The number of benzene rings is 2. The van der Waals surface area contributed by atoms with Crippen molar-refractivity contribution in [1.29, 1.82) is 0 Å². The Labute approximate surface area is 159 Å². The van der Waals surface area contributed by atoms with Crippen LogP contribution >= 0.6 is 12.4 Å². The van der Waals surface area contributed by atoms with Crippen LogP contribution in [0.4, 0.5) is 0 Å². The lowest BCUT2D eigenvalue weighted by Crippen LogP contribution is -2.51. The Kier molecular flexibility index (Phi) is 4.13. The Morgan fingerprint density at radius 2 is 1.85 bits per heavy atom. The molecule has 0 radical (unpaired) electrons. The summed E-state index contributed by atoms with van der Waals surface area (Å²) in [5.74, 6) is 0.998. The zero-order chi connectivity index (χ0) is 17.1. The van der Waals surface area contributed by atoms with Crippen LogP contribution in [0.1, 0.15) is 39.7 Å². The van der Waals surface area contributed by atoms with Crippen LogP contribution < -0.4 is 4.57 Å². The molecule has 0 N–H and O–H groups in total. The number of aryl methyl sites for hydroxylation is 3. The Balaban J connectivity index is 0.00000168. The number of hydrogen-bond acceptors (Lipinski definition) is 2. The molecule has 26 heavy (non-hydrogen) atoms. The summed E-state index contributed by atoms with van der Waals surface area (Å²) in [7, 11) is 0. The molecule has 5 rings (SSSR count). The van der Waals surface area contributed by atoms with Gasteiger partial charge in [0.1, 0.15) is 24.4 Å². The summed E-state index contributed by atoms with van der Waals surface area (Å²) < 4.78 is 10.5. The van der Waals surface area contributed by atoms with Gasteiger partial charge in [0.15, 0.2) is 0 Å². The molecule has 1 aromatic heterocycles. The van der Waals surface area contributed by atoms with Gasteiger partial charge >= 0.3 is 5.82 Å². The van der Waals surface area contributed by atoms with E-state index >= 15 is 0 Å². The number of hydrogen-bond donors (Lipinski definition) is 0. The molecule has 1 aliphatic carbocycles. The molecule has 134 valence electrons.